The standard InChI is InChI=1S/C22H23N5OS/c1-2-27-21(28)19-17-9-3-4-10-18(17)29-20(19)25-22(27)24-16-8-5-7-15(13-16)14-26-12-6-11-23-26/h5-8,11-13H,2-4,9-10,14H2,1H3,(H,24,25). The van der Waals surface area contributed by atoms with Crippen LogP contribution in [-0.2, 0) is 25.9 Å². The largest absolute Gasteiger partial charge is 0.325 e. The lowest BCUT2D eigenvalue weighted by Gasteiger charge is -2.14. The highest BCUT2D eigenvalue weighted by Gasteiger charge is 2.21. The highest BCUT2D eigenvalue weighted by molar-refractivity contribution is 7.18. The maximum Gasteiger partial charge on any atom is 0.263 e. The second-order valence-electron chi connectivity index (χ2n) is 7.40. The van der Waals surface area contributed by atoms with E-state index in [1.54, 1.807) is 22.1 Å². The Morgan fingerprint density at radius 2 is 2.10 bits per heavy atom. The quantitative estimate of drug-likeness (QED) is 0.536. The van der Waals surface area contributed by atoms with E-state index in [4.69, 9.17) is 4.98 Å². The summed E-state index contributed by atoms with van der Waals surface area (Å²) in [6.07, 6.45) is 8.16. The Balaban J connectivity index is 1.53. The number of benzene rings is 1. The first-order valence-corrected chi connectivity index (χ1v) is 10.9. The summed E-state index contributed by atoms with van der Waals surface area (Å²) >= 11 is 1.69. The molecular weight excluding hydrogens is 382 g/mol. The van der Waals surface area contributed by atoms with Crippen molar-refractivity contribution >= 4 is 33.2 Å². The molecule has 5 rings (SSSR count). The summed E-state index contributed by atoms with van der Waals surface area (Å²) in [6, 6.07) is 10.1. The summed E-state index contributed by atoms with van der Waals surface area (Å²) in [6.45, 7) is 3.28. The van der Waals surface area contributed by atoms with Crippen LogP contribution in [0.2, 0.25) is 0 Å². The number of nitrogens with one attached hydrogen (secondary N) is 1. The second-order valence-corrected chi connectivity index (χ2v) is 8.49. The normalized spacial score (nSPS) is 13.6. The lowest BCUT2D eigenvalue weighted by molar-refractivity contribution is 0.687. The molecule has 0 fully saturated rings. The van der Waals surface area contributed by atoms with E-state index in [-0.39, 0.29) is 5.56 Å². The average Bonchev–Trinajstić information content (AvgIpc) is 3.36. The molecular formula is C22H23N5OS. The molecule has 1 aliphatic rings. The van der Waals surface area contributed by atoms with Crippen LogP contribution in [0, 0.1) is 0 Å². The maximum absolute atomic E-state index is 13.3. The van der Waals surface area contributed by atoms with Gasteiger partial charge in [-0.2, -0.15) is 5.10 Å². The van der Waals surface area contributed by atoms with Gasteiger partial charge in [-0.1, -0.05) is 12.1 Å². The fraction of sp³-hybridized carbons (Fsp3) is 0.318. The zero-order valence-electron chi connectivity index (χ0n) is 16.4. The number of thiophene rings is 1. The van der Waals surface area contributed by atoms with Gasteiger partial charge in [-0.25, -0.2) is 4.98 Å². The Morgan fingerprint density at radius 3 is 2.93 bits per heavy atom. The molecule has 0 radical (unpaired) electrons. The second kappa shape index (κ2) is 7.48. The van der Waals surface area contributed by atoms with Crippen molar-refractivity contribution in [3.8, 4) is 0 Å². The smallest absolute Gasteiger partial charge is 0.263 e. The summed E-state index contributed by atoms with van der Waals surface area (Å²) in [5.41, 5.74) is 3.37. The minimum Gasteiger partial charge on any atom is -0.325 e. The van der Waals surface area contributed by atoms with Crippen molar-refractivity contribution in [3.63, 3.8) is 0 Å². The fourth-order valence-electron chi connectivity index (χ4n) is 4.08. The van der Waals surface area contributed by atoms with E-state index in [2.05, 4.69) is 22.5 Å². The SMILES string of the molecule is CCn1c(Nc2cccc(Cn3cccn3)c2)nc2sc3c(c2c1=O)CCCC3. The van der Waals surface area contributed by atoms with Crippen LogP contribution in [-0.4, -0.2) is 19.3 Å². The molecule has 0 saturated carbocycles. The molecule has 148 valence electrons. The van der Waals surface area contributed by atoms with Gasteiger partial charge in [-0.3, -0.25) is 14.0 Å². The molecule has 1 aromatic carbocycles. The van der Waals surface area contributed by atoms with E-state index < -0.39 is 0 Å². The molecule has 6 nitrogen and oxygen atoms in total. The third kappa shape index (κ3) is 3.35. The van der Waals surface area contributed by atoms with Crippen LogP contribution in [0.25, 0.3) is 10.2 Å². The van der Waals surface area contributed by atoms with Crippen molar-refractivity contribution in [2.45, 2.75) is 45.7 Å². The van der Waals surface area contributed by atoms with Crippen LogP contribution < -0.4 is 10.9 Å². The van der Waals surface area contributed by atoms with Crippen LogP contribution in [0.1, 0.15) is 35.8 Å². The number of rotatable bonds is 5. The van der Waals surface area contributed by atoms with Gasteiger partial charge in [0.15, 0.2) is 0 Å². The predicted octanol–water partition coefficient (Wildman–Crippen LogP) is 4.35. The van der Waals surface area contributed by atoms with Gasteiger partial charge in [-0.15, -0.1) is 11.3 Å². The zero-order chi connectivity index (χ0) is 19.8. The van der Waals surface area contributed by atoms with Gasteiger partial charge >= 0.3 is 0 Å². The molecule has 29 heavy (non-hydrogen) atoms. The number of hydrogen-bond acceptors (Lipinski definition) is 5. The molecule has 3 heterocycles. The third-order valence-corrected chi connectivity index (χ3v) is 6.66. The summed E-state index contributed by atoms with van der Waals surface area (Å²) in [4.78, 5) is 20.3. The van der Waals surface area contributed by atoms with E-state index in [0.717, 1.165) is 40.7 Å². The van der Waals surface area contributed by atoms with Crippen LogP contribution in [0.5, 0.6) is 0 Å². The summed E-state index contributed by atoms with van der Waals surface area (Å²) in [5, 5.41) is 8.49. The van der Waals surface area contributed by atoms with Crippen molar-refractivity contribution in [2.24, 2.45) is 0 Å². The molecule has 0 atom stereocenters. The molecule has 0 spiro atoms. The molecule has 0 unspecified atom stereocenters. The first-order valence-electron chi connectivity index (χ1n) is 10.1. The van der Waals surface area contributed by atoms with Gasteiger partial charge in [0.1, 0.15) is 4.83 Å². The molecule has 3 aromatic heterocycles. The van der Waals surface area contributed by atoms with Crippen LogP contribution in [0.3, 0.4) is 0 Å². The molecule has 0 aliphatic heterocycles. The molecule has 0 amide bonds. The molecule has 0 bridgehead atoms. The first kappa shape index (κ1) is 18.1. The number of aromatic nitrogens is 4. The number of hydrogen-bond donors (Lipinski definition) is 1. The number of aryl methyl sites for hydroxylation is 2. The Bertz CT molecular complexity index is 1220. The lowest BCUT2D eigenvalue weighted by Crippen LogP contribution is -2.23. The van der Waals surface area contributed by atoms with E-state index in [1.807, 2.05) is 36.0 Å². The van der Waals surface area contributed by atoms with Gasteiger partial charge in [0, 0.05) is 29.5 Å². The molecule has 1 aliphatic carbocycles. The minimum atomic E-state index is 0.0760. The number of anilines is 2. The van der Waals surface area contributed by atoms with E-state index in [0.29, 0.717) is 19.0 Å². The maximum atomic E-state index is 13.3. The Kier molecular flexibility index (Phi) is 4.67. The first-order chi connectivity index (χ1) is 14.2. The van der Waals surface area contributed by atoms with Crippen LogP contribution in [0.15, 0.2) is 47.5 Å². The summed E-state index contributed by atoms with van der Waals surface area (Å²) in [7, 11) is 0. The van der Waals surface area contributed by atoms with E-state index >= 15 is 0 Å². The number of fused-ring (bicyclic) bond motifs is 3. The molecule has 1 N–H and O–H groups in total. The topological polar surface area (TPSA) is 64.7 Å². The van der Waals surface area contributed by atoms with Gasteiger partial charge < -0.3 is 5.32 Å². The van der Waals surface area contributed by atoms with Crippen molar-refractivity contribution < 1.29 is 0 Å². The summed E-state index contributed by atoms with van der Waals surface area (Å²) < 4.78 is 3.64. The monoisotopic (exact) mass is 405 g/mol. The third-order valence-electron chi connectivity index (χ3n) is 5.48. The highest BCUT2D eigenvalue weighted by Crippen LogP contribution is 2.34. The van der Waals surface area contributed by atoms with Crippen LogP contribution >= 0.6 is 11.3 Å². The van der Waals surface area contributed by atoms with Crippen molar-refractivity contribution in [1.29, 1.82) is 0 Å². The van der Waals surface area contributed by atoms with Crippen molar-refractivity contribution in [2.75, 3.05) is 5.32 Å². The Hall–Kier alpha value is -2.93. The van der Waals surface area contributed by atoms with Gasteiger partial charge in [0.25, 0.3) is 5.56 Å². The Labute approximate surface area is 172 Å². The molecule has 4 aromatic rings. The van der Waals surface area contributed by atoms with Crippen molar-refractivity contribution in [3.05, 3.63) is 69.1 Å². The lowest BCUT2D eigenvalue weighted by atomic mass is 9.97. The molecule has 7 heteroatoms. The number of nitrogens with zero attached hydrogens (tertiary/aromatic N) is 4. The molecule has 0 saturated heterocycles. The van der Waals surface area contributed by atoms with Crippen molar-refractivity contribution in [1.82, 2.24) is 19.3 Å². The fourth-order valence-corrected chi connectivity index (χ4v) is 5.34. The average molecular weight is 406 g/mol. The van der Waals surface area contributed by atoms with Gasteiger partial charge in [0.05, 0.1) is 11.9 Å². The highest BCUT2D eigenvalue weighted by atomic mass is 32.1. The zero-order valence-corrected chi connectivity index (χ0v) is 17.2. The van der Waals surface area contributed by atoms with E-state index in [1.165, 1.54) is 16.9 Å². The predicted molar refractivity (Wildman–Crippen MR) is 117 cm³/mol. The summed E-state index contributed by atoms with van der Waals surface area (Å²) in [5.74, 6) is 0.611. The van der Waals surface area contributed by atoms with Crippen LogP contribution in [0.4, 0.5) is 11.6 Å². The Morgan fingerprint density at radius 1 is 1.21 bits per heavy atom. The van der Waals surface area contributed by atoms with E-state index in [9.17, 15) is 4.79 Å². The van der Waals surface area contributed by atoms with Gasteiger partial charge in [0.2, 0.25) is 5.95 Å². The van der Waals surface area contributed by atoms with Gasteiger partial charge in [-0.05, 0) is 61.9 Å². The minimum absolute atomic E-state index is 0.0760.